The van der Waals surface area contributed by atoms with Crippen LogP contribution in [-0.2, 0) is 14.4 Å². The van der Waals surface area contributed by atoms with Gasteiger partial charge in [0.15, 0.2) is 0 Å². The van der Waals surface area contributed by atoms with Gasteiger partial charge in [0.25, 0.3) is 0 Å². The van der Waals surface area contributed by atoms with Gasteiger partial charge in [-0.1, -0.05) is 53.2 Å². The number of fused-ring (bicyclic) bond motifs is 1. The predicted molar refractivity (Wildman–Crippen MR) is 156 cm³/mol. The number of aliphatic hydroxyl groups excluding tert-OH is 1. The Kier molecular flexibility index (Phi) is 8.79. The molecule has 3 amide bonds. The molecule has 206 valence electrons. The van der Waals surface area contributed by atoms with Crippen molar-refractivity contribution in [3.63, 3.8) is 0 Å². The third-order valence-electron chi connectivity index (χ3n) is 8.20. The van der Waals surface area contributed by atoms with E-state index in [-0.39, 0.29) is 40.4 Å². The minimum absolute atomic E-state index is 0.0248. The SMILES string of the molecule is C=CCN(C(=O)[C@H]1[C@@H]2SC3(CC2Br)C(C(=O)N(CC=C)C(C)C)N([C@@H](CC)CO)C(=O)[C@H]13)c1ccccc1. The van der Waals surface area contributed by atoms with Gasteiger partial charge in [-0.15, -0.1) is 24.9 Å². The number of likely N-dealkylation sites (tertiary alicyclic amines) is 1. The van der Waals surface area contributed by atoms with Crippen LogP contribution in [0.2, 0.25) is 0 Å². The fourth-order valence-electron chi connectivity index (χ4n) is 6.53. The molecule has 1 aromatic carbocycles. The third kappa shape index (κ3) is 4.54. The first kappa shape index (κ1) is 28.9. The van der Waals surface area contributed by atoms with Crippen molar-refractivity contribution < 1.29 is 19.5 Å². The Bertz CT molecular complexity index is 1080. The van der Waals surface area contributed by atoms with Gasteiger partial charge in [-0.3, -0.25) is 14.4 Å². The third-order valence-corrected chi connectivity index (χ3v) is 11.4. The number of carbonyl (C=O) groups excluding carboxylic acids is 3. The molecule has 3 heterocycles. The summed E-state index contributed by atoms with van der Waals surface area (Å²) in [5.41, 5.74) is 0.749. The first-order valence-electron chi connectivity index (χ1n) is 13.3. The number of nitrogens with zero attached hydrogens (tertiary/aromatic N) is 3. The molecule has 0 saturated carbocycles. The predicted octanol–water partition coefficient (Wildman–Crippen LogP) is 3.86. The van der Waals surface area contributed by atoms with Crippen LogP contribution in [0.1, 0.15) is 33.6 Å². The molecule has 38 heavy (non-hydrogen) atoms. The molecular formula is C29H38BrN3O4S. The largest absolute Gasteiger partial charge is 0.394 e. The number of benzene rings is 1. The van der Waals surface area contributed by atoms with Gasteiger partial charge in [0.2, 0.25) is 17.7 Å². The molecule has 0 aromatic heterocycles. The second-order valence-electron chi connectivity index (χ2n) is 10.6. The summed E-state index contributed by atoms with van der Waals surface area (Å²) in [6.45, 7) is 13.9. The van der Waals surface area contributed by atoms with E-state index in [1.807, 2.05) is 51.1 Å². The highest BCUT2D eigenvalue weighted by atomic mass is 79.9. The summed E-state index contributed by atoms with van der Waals surface area (Å²) < 4.78 is -0.763. The van der Waals surface area contributed by atoms with Crippen LogP contribution in [0.5, 0.6) is 0 Å². The minimum atomic E-state index is -0.767. The summed E-state index contributed by atoms with van der Waals surface area (Å²) in [6.07, 6.45) is 4.50. The molecular weight excluding hydrogens is 566 g/mol. The summed E-state index contributed by atoms with van der Waals surface area (Å²) in [6, 6.07) is 8.06. The van der Waals surface area contributed by atoms with E-state index >= 15 is 0 Å². The molecule has 4 rings (SSSR count). The lowest BCUT2D eigenvalue weighted by atomic mass is 9.70. The van der Waals surface area contributed by atoms with Crippen LogP contribution in [-0.4, -0.2) is 85.3 Å². The molecule has 3 aliphatic rings. The molecule has 3 aliphatic heterocycles. The second-order valence-corrected chi connectivity index (χ2v) is 13.3. The number of halogens is 1. The summed E-state index contributed by atoms with van der Waals surface area (Å²) in [4.78, 5) is 48.0. The van der Waals surface area contributed by atoms with Crippen LogP contribution in [0.15, 0.2) is 55.6 Å². The highest BCUT2D eigenvalue weighted by Gasteiger charge is 2.76. The quantitative estimate of drug-likeness (QED) is 0.307. The topological polar surface area (TPSA) is 81.2 Å². The highest BCUT2D eigenvalue weighted by Crippen LogP contribution is 2.68. The van der Waals surface area contributed by atoms with Crippen LogP contribution in [0, 0.1) is 11.8 Å². The number of anilines is 1. The van der Waals surface area contributed by atoms with E-state index < -0.39 is 28.7 Å². The van der Waals surface area contributed by atoms with E-state index in [0.29, 0.717) is 25.9 Å². The molecule has 9 heteroatoms. The first-order chi connectivity index (χ1) is 18.2. The van der Waals surface area contributed by atoms with Crippen molar-refractivity contribution in [1.29, 1.82) is 0 Å². The number of rotatable bonds is 11. The maximum atomic E-state index is 14.3. The van der Waals surface area contributed by atoms with Gasteiger partial charge >= 0.3 is 0 Å². The summed E-state index contributed by atoms with van der Waals surface area (Å²) >= 11 is 5.45. The fraction of sp³-hybridized carbons (Fsp3) is 0.552. The summed E-state index contributed by atoms with van der Waals surface area (Å²) in [5.74, 6) is -1.73. The molecule has 0 radical (unpaired) electrons. The van der Waals surface area contributed by atoms with E-state index in [4.69, 9.17) is 0 Å². The average Bonchev–Trinajstić information content (AvgIpc) is 3.50. The smallest absolute Gasteiger partial charge is 0.247 e. The van der Waals surface area contributed by atoms with Crippen molar-refractivity contribution in [2.75, 3.05) is 24.6 Å². The molecule has 1 spiro atoms. The van der Waals surface area contributed by atoms with Crippen LogP contribution < -0.4 is 4.90 Å². The second kappa shape index (κ2) is 11.6. The lowest BCUT2D eigenvalue weighted by Crippen LogP contribution is -2.58. The number of alkyl halides is 1. The average molecular weight is 605 g/mol. The van der Waals surface area contributed by atoms with E-state index in [1.165, 1.54) is 0 Å². The molecule has 7 nitrogen and oxygen atoms in total. The lowest BCUT2D eigenvalue weighted by Gasteiger charge is -2.41. The first-order valence-corrected chi connectivity index (χ1v) is 15.1. The van der Waals surface area contributed by atoms with E-state index in [9.17, 15) is 19.5 Å². The molecule has 1 N–H and O–H groups in total. The monoisotopic (exact) mass is 603 g/mol. The Morgan fingerprint density at radius 3 is 2.42 bits per heavy atom. The Morgan fingerprint density at radius 1 is 1.21 bits per heavy atom. The number of hydrogen-bond acceptors (Lipinski definition) is 5. The maximum Gasteiger partial charge on any atom is 0.247 e. The van der Waals surface area contributed by atoms with Crippen molar-refractivity contribution in [2.24, 2.45) is 11.8 Å². The maximum absolute atomic E-state index is 14.3. The van der Waals surface area contributed by atoms with E-state index in [0.717, 1.165) is 5.69 Å². The Hall–Kier alpha value is -2.10. The summed E-state index contributed by atoms with van der Waals surface area (Å²) in [7, 11) is 0. The fourth-order valence-corrected chi connectivity index (χ4v) is 10.1. The Labute approximate surface area is 238 Å². The van der Waals surface area contributed by atoms with Gasteiger partial charge in [-0.05, 0) is 38.8 Å². The molecule has 2 bridgehead atoms. The highest BCUT2D eigenvalue weighted by molar-refractivity contribution is 9.09. The van der Waals surface area contributed by atoms with Gasteiger partial charge in [-0.2, -0.15) is 0 Å². The molecule has 3 saturated heterocycles. The number of aliphatic hydroxyl groups is 1. The van der Waals surface area contributed by atoms with Gasteiger partial charge in [0.1, 0.15) is 6.04 Å². The van der Waals surface area contributed by atoms with E-state index in [1.54, 1.807) is 38.6 Å². The van der Waals surface area contributed by atoms with Crippen LogP contribution >= 0.6 is 27.7 Å². The lowest BCUT2D eigenvalue weighted by molar-refractivity contribution is -0.146. The van der Waals surface area contributed by atoms with Crippen LogP contribution in [0.25, 0.3) is 0 Å². The number of hydrogen-bond donors (Lipinski definition) is 1. The van der Waals surface area contributed by atoms with Crippen molar-refractivity contribution in [3.05, 3.63) is 55.6 Å². The molecule has 3 fully saturated rings. The Balaban J connectivity index is 1.83. The standard InChI is InChI=1S/C29H38BrN3O4S/c1-6-14-31(18(4)5)28(37)25-29-16-21(30)24(38-29)22(23(29)27(36)33(25)19(8-3)17-34)26(35)32(15-7-2)20-12-10-9-11-13-20/h6-7,9-13,18-19,21-25,34H,1-2,8,14-17H2,3-5H3/t19-,21?,22+,23-,24+,25?,29?/m0/s1. The summed E-state index contributed by atoms with van der Waals surface area (Å²) in [5, 5.41) is 10.1. The number of amides is 3. The molecule has 7 atom stereocenters. The molecule has 3 unspecified atom stereocenters. The zero-order valence-electron chi connectivity index (χ0n) is 22.3. The normalized spacial score (nSPS) is 30.3. The minimum Gasteiger partial charge on any atom is -0.394 e. The van der Waals surface area contributed by atoms with Gasteiger partial charge in [0, 0.05) is 34.9 Å². The number of carbonyl (C=O) groups is 3. The number of para-hydroxylation sites is 1. The van der Waals surface area contributed by atoms with Crippen molar-refractivity contribution in [2.45, 2.75) is 66.6 Å². The Morgan fingerprint density at radius 2 is 1.87 bits per heavy atom. The van der Waals surface area contributed by atoms with Gasteiger partial charge < -0.3 is 19.8 Å². The van der Waals surface area contributed by atoms with Crippen LogP contribution in [0.4, 0.5) is 5.69 Å². The van der Waals surface area contributed by atoms with Crippen molar-refractivity contribution in [3.8, 4) is 0 Å². The molecule has 1 aromatic rings. The molecule has 0 aliphatic carbocycles. The number of thioether (sulfide) groups is 1. The van der Waals surface area contributed by atoms with Crippen molar-refractivity contribution in [1.82, 2.24) is 9.80 Å². The van der Waals surface area contributed by atoms with E-state index in [2.05, 4.69) is 29.1 Å². The zero-order chi connectivity index (χ0) is 27.8. The zero-order valence-corrected chi connectivity index (χ0v) is 24.7. The van der Waals surface area contributed by atoms with Crippen molar-refractivity contribution >= 4 is 51.1 Å². The van der Waals surface area contributed by atoms with Gasteiger partial charge in [0.05, 0.1) is 29.2 Å². The van der Waals surface area contributed by atoms with Gasteiger partial charge in [-0.25, -0.2) is 0 Å². The van der Waals surface area contributed by atoms with Crippen LogP contribution in [0.3, 0.4) is 0 Å².